The van der Waals surface area contributed by atoms with Gasteiger partial charge in [0.05, 0.1) is 26.5 Å². The average Bonchev–Trinajstić information content (AvgIpc) is 2.66. The molecule has 2 N–H and O–H groups in total. The summed E-state index contributed by atoms with van der Waals surface area (Å²) in [6, 6.07) is 11.8. The van der Waals surface area contributed by atoms with Crippen LogP contribution in [0.25, 0.3) is 0 Å². The third-order valence-corrected chi connectivity index (χ3v) is 3.62. The molecule has 0 aliphatic carbocycles. The van der Waals surface area contributed by atoms with Crippen molar-refractivity contribution >= 4 is 29.9 Å². The second kappa shape index (κ2) is 12.3. The van der Waals surface area contributed by atoms with Crippen LogP contribution in [0.5, 0.6) is 11.5 Å². The maximum Gasteiger partial charge on any atom is 0.191 e. The van der Waals surface area contributed by atoms with Crippen molar-refractivity contribution < 1.29 is 9.47 Å². The fourth-order valence-electron chi connectivity index (χ4n) is 2.35. The summed E-state index contributed by atoms with van der Waals surface area (Å²) >= 11 is 0. The highest BCUT2D eigenvalue weighted by Gasteiger charge is 2.05. The molecule has 0 unspecified atom stereocenters. The predicted octanol–water partition coefficient (Wildman–Crippen LogP) is 3.01. The maximum atomic E-state index is 5.34. The third-order valence-electron chi connectivity index (χ3n) is 3.62. The van der Waals surface area contributed by atoms with Gasteiger partial charge in [0.1, 0.15) is 0 Å². The van der Waals surface area contributed by atoms with E-state index >= 15 is 0 Å². The van der Waals surface area contributed by atoms with Crippen LogP contribution in [0.3, 0.4) is 0 Å². The van der Waals surface area contributed by atoms with Gasteiger partial charge in [0, 0.05) is 19.3 Å². The topological polar surface area (TPSA) is 67.8 Å². The van der Waals surface area contributed by atoms with E-state index in [-0.39, 0.29) is 24.0 Å². The molecule has 0 spiro atoms. The lowest BCUT2D eigenvalue weighted by Gasteiger charge is -2.12. The maximum absolute atomic E-state index is 5.34. The molecule has 0 aliphatic rings. The molecule has 0 fully saturated rings. The lowest BCUT2D eigenvalue weighted by molar-refractivity contribution is 0.354. The molecular formula is C19H27IN4O2. The number of halogens is 1. The van der Waals surface area contributed by atoms with Crippen LogP contribution >= 0.6 is 24.0 Å². The first-order valence-corrected chi connectivity index (χ1v) is 8.39. The van der Waals surface area contributed by atoms with E-state index in [9.17, 15) is 0 Å². The molecule has 26 heavy (non-hydrogen) atoms. The van der Waals surface area contributed by atoms with Crippen molar-refractivity contribution in [1.82, 2.24) is 15.6 Å². The lowest BCUT2D eigenvalue weighted by atomic mass is 10.1. The quantitative estimate of drug-likeness (QED) is 0.353. The molecule has 142 valence electrons. The Morgan fingerprint density at radius 3 is 2.54 bits per heavy atom. The number of pyridine rings is 1. The van der Waals surface area contributed by atoms with E-state index in [2.05, 4.69) is 20.6 Å². The molecule has 0 bridgehead atoms. The minimum Gasteiger partial charge on any atom is -0.493 e. The Balaban J connectivity index is 0.00000338. The summed E-state index contributed by atoms with van der Waals surface area (Å²) in [5, 5.41) is 6.59. The number of hydrogen-bond acceptors (Lipinski definition) is 4. The van der Waals surface area contributed by atoms with Gasteiger partial charge in [-0.05, 0) is 43.2 Å². The van der Waals surface area contributed by atoms with Crippen LogP contribution in [0.2, 0.25) is 0 Å². The number of benzene rings is 1. The van der Waals surface area contributed by atoms with E-state index in [0.717, 1.165) is 42.7 Å². The smallest absolute Gasteiger partial charge is 0.191 e. The molecule has 0 aliphatic heterocycles. The van der Waals surface area contributed by atoms with E-state index in [1.165, 1.54) is 5.56 Å². The van der Waals surface area contributed by atoms with Crippen molar-refractivity contribution in [2.45, 2.75) is 19.9 Å². The fourth-order valence-corrected chi connectivity index (χ4v) is 2.35. The monoisotopic (exact) mass is 470 g/mol. The van der Waals surface area contributed by atoms with E-state index in [0.29, 0.717) is 6.54 Å². The van der Waals surface area contributed by atoms with Crippen LogP contribution in [0.4, 0.5) is 0 Å². The highest BCUT2D eigenvalue weighted by atomic mass is 127. The van der Waals surface area contributed by atoms with Gasteiger partial charge in [-0.1, -0.05) is 12.1 Å². The zero-order chi connectivity index (χ0) is 17.9. The number of aliphatic imine (C=N–C) groups is 1. The Morgan fingerprint density at radius 1 is 1.08 bits per heavy atom. The van der Waals surface area contributed by atoms with Crippen LogP contribution < -0.4 is 20.1 Å². The molecule has 0 radical (unpaired) electrons. The molecule has 0 saturated heterocycles. The molecule has 0 amide bonds. The molecule has 0 saturated carbocycles. The van der Waals surface area contributed by atoms with Gasteiger partial charge in [-0.3, -0.25) is 4.98 Å². The molecule has 6 nitrogen and oxygen atoms in total. The highest BCUT2D eigenvalue weighted by Crippen LogP contribution is 2.27. The van der Waals surface area contributed by atoms with E-state index < -0.39 is 0 Å². The van der Waals surface area contributed by atoms with Gasteiger partial charge < -0.3 is 20.1 Å². The Labute approximate surface area is 172 Å². The summed E-state index contributed by atoms with van der Waals surface area (Å²) in [4.78, 5) is 8.85. The van der Waals surface area contributed by atoms with Crippen molar-refractivity contribution in [3.05, 3.63) is 53.9 Å². The Kier molecular flexibility index (Phi) is 10.5. The van der Waals surface area contributed by atoms with Crippen molar-refractivity contribution in [1.29, 1.82) is 0 Å². The first kappa shape index (κ1) is 22.0. The van der Waals surface area contributed by atoms with Crippen LogP contribution in [0.1, 0.15) is 18.2 Å². The van der Waals surface area contributed by atoms with Gasteiger partial charge in [0.25, 0.3) is 0 Å². The molecule has 1 heterocycles. The standard InChI is InChI=1S/C19H26N4O2.HI/c1-4-20-19(23-14-16-7-5-6-11-21-16)22-12-10-15-8-9-17(24-2)18(13-15)25-3;/h5-9,11,13H,4,10,12,14H2,1-3H3,(H2,20,22,23);1H. The number of nitrogens with one attached hydrogen (secondary N) is 2. The van der Waals surface area contributed by atoms with Crippen LogP contribution in [-0.2, 0) is 13.0 Å². The van der Waals surface area contributed by atoms with Crippen molar-refractivity contribution in [2.24, 2.45) is 4.99 Å². The highest BCUT2D eigenvalue weighted by molar-refractivity contribution is 14.0. The summed E-state index contributed by atoms with van der Waals surface area (Å²) in [6.45, 7) is 4.17. The summed E-state index contributed by atoms with van der Waals surface area (Å²) < 4.78 is 10.6. The SMILES string of the molecule is CCNC(=NCc1ccccn1)NCCc1ccc(OC)c(OC)c1.I. The zero-order valence-corrected chi connectivity index (χ0v) is 17.8. The van der Waals surface area contributed by atoms with Crippen molar-refractivity contribution in [3.63, 3.8) is 0 Å². The average molecular weight is 470 g/mol. The third kappa shape index (κ3) is 7.07. The second-order valence-electron chi connectivity index (χ2n) is 5.38. The van der Waals surface area contributed by atoms with Gasteiger partial charge in [0.2, 0.25) is 0 Å². The first-order chi connectivity index (χ1) is 12.3. The number of rotatable bonds is 8. The number of aromatic nitrogens is 1. The van der Waals surface area contributed by atoms with Gasteiger partial charge in [0.15, 0.2) is 17.5 Å². The largest absolute Gasteiger partial charge is 0.493 e. The first-order valence-electron chi connectivity index (χ1n) is 8.39. The van der Waals surface area contributed by atoms with Crippen molar-refractivity contribution in [2.75, 3.05) is 27.3 Å². The summed E-state index contributed by atoms with van der Waals surface area (Å²) in [5.74, 6) is 2.27. The minimum absolute atomic E-state index is 0. The normalized spacial score (nSPS) is 10.7. The molecular weight excluding hydrogens is 443 g/mol. The summed E-state index contributed by atoms with van der Waals surface area (Å²) in [5.41, 5.74) is 2.12. The number of hydrogen-bond donors (Lipinski definition) is 2. The van der Waals surface area contributed by atoms with Gasteiger partial charge in [-0.25, -0.2) is 4.99 Å². The van der Waals surface area contributed by atoms with E-state index in [4.69, 9.17) is 9.47 Å². The number of nitrogens with zero attached hydrogens (tertiary/aromatic N) is 2. The second-order valence-corrected chi connectivity index (χ2v) is 5.38. The molecule has 0 atom stereocenters. The van der Waals surface area contributed by atoms with Crippen LogP contribution in [0.15, 0.2) is 47.6 Å². The number of ether oxygens (including phenoxy) is 2. The molecule has 1 aromatic heterocycles. The van der Waals surface area contributed by atoms with Crippen molar-refractivity contribution in [3.8, 4) is 11.5 Å². The van der Waals surface area contributed by atoms with Crippen LogP contribution in [-0.4, -0.2) is 38.3 Å². The Bertz CT molecular complexity index is 680. The van der Waals surface area contributed by atoms with Gasteiger partial charge in [-0.15, -0.1) is 24.0 Å². The summed E-state index contributed by atoms with van der Waals surface area (Å²) in [7, 11) is 3.28. The molecule has 1 aromatic carbocycles. The lowest BCUT2D eigenvalue weighted by Crippen LogP contribution is -2.38. The molecule has 2 rings (SSSR count). The molecule has 7 heteroatoms. The fraction of sp³-hybridized carbons (Fsp3) is 0.368. The van der Waals surface area contributed by atoms with E-state index in [1.807, 2.05) is 43.3 Å². The van der Waals surface area contributed by atoms with E-state index in [1.54, 1.807) is 20.4 Å². The predicted molar refractivity (Wildman–Crippen MR) is 116 cm³/mol. The van der Waals surface area contributed by atoms with Gasteiger partial charge in [-0.2, -0.15) is 0 Å². The number of guanidine groups is 1. The zero-order valence-electron chi connectivity index (χ0n) is 15.5. The van der Waals surface area contributed by atoms with Gasteiger partial charge >= 0.3 is 0 Å². The number of methoxy groups -OCH3 is 2. The molecule has 2 aromatic rings. The Morgan fingerprint density at radius 2 is 1.88 bits per heavy atom. The van der Waals surface area contributed by atoms with Crippen LogP contribution in [0, 0.1) is 0 Å². The Hall–Kier alpha value is -2.03. The minimum atomic E-state index is 0. The summed E-state index contributed by atoms with van der Waals surface area (Å²) in [6.07, 6.45) is 2.64.